The highest BCUT2D eigenvalue weighted by Crippen LogP contribution is 2.51. The van der Waals surface area contributed by atoms with Gasteiger partial charge in [0.2, 0.25) is 0 Å². The molecule has 1 fully saturated rings. The van der Waals surface area contributed by atoms with Crippen LogP contribution >= 0.6 is 0 Å². The van der Waals surface area contributed by atoms with Gasteiger partial charge in [-0.15, -0.1) is 0 Å². The lowest BCUT2D eigenvalue weighted by molar-refractivity contribution is -0.121. The maximum absolute atomic E-state index is 11.6. The molecule has 2 rings (SSSR count). The standard InChI is InChI=1S/C13H20O3/c1-12-6-4-9(14)8-10(12)13(2,16-3)11(15)5-7-12/h8,11,15H,4-7H2,1-3H3. The van der Waals surface area contributed by atoms with E-state index in [-0.39, 0.29) is 11.2 Å². The molecule has 0 aliphatic heterocycles. The third-order valence-corrected chi connectivity index (χ3v) is 4.44. The van der Waals surface area contributed by atoms with Gasteiger partial charge < -0.3 is 9.84 Å². The average molecular weight is 224 g/mol. The summed E-state index contributed by atoms with van der Waals surface area (Å²) < 4.78 is 5.50. The fourth-order valence-corrected chi connectivity index (χ4v) is 3.10. The molecule has 0 aromatic carbocycles. The minimum Gasteiger partial charge on any atom is -0.390 e. The summed E-state index contributed by atoms with van der Waals surface area (Å²) >= 11 is 0. The van der Waals surface area contributed by atoms with Crippen LogP contribution in [0.25, 0.3) is 0 Å². The van der Waals surface area contributed by atoms with Crippen molar-refractivity contribution < 1.29 is 14.6 Å². The van der Waals surface area contributed by atoms with Gasteiger partial charge in [-0.25, -0.2) is 0 Å². The number of ketones is 1. The summed E-state index contributed by atoms with van der Waals surface area (Å²) in [6.45, 7) is 4.06. The van der Waals surface area contributed by atoms with Crippen LogP contribution in [-0.4, -0.2) is 29.7 Å². The summed E-state index contributed by atoms with van der Waals surface area (Å²) in [7, 11) is 1.61. The van der Waals surface area contributed by atoms with Crippen molar-refractivity contribution >= 4 is 5.78 Å². The summed E-state index contributed by atoms with van der Waals surface area (Å²) in [4.78, 5) is 11.6. The molecule has 2 aliphatic rings. The van der Waals surface area contributed by atoms with Crippen molar-refractivity contribution in [3.8, 4) is 0 Å². The van der Waals surface area contributed by atoms with Gasteiger partial charge >= 0.3 is 0 Å². The molecular weight excluding hydrogens is 204 g/mol. The number of fused-ring (bicyclic) bond motifs is 1. The Bertz CT molecular complexity index is 347. The zero-order chi connectivity index (χ0) is 12.0. The molecule has 90 valence electrons. The van der Waals surface area contributed by atoms with Crippen LogP contribution in [0.15, 0.2) is 11.6 Å². The molecule has 3 heteroatoms. The molecule has 3 unspecified atom stereocenters. The highest BCUT2D eigenvalue weighted by molar-refractivity contribution is 5.92. The Balaban J connectivity index is 2.48. The topological polar surface area (TPSA) is 46.5 Å². The quantitative estimate of drug-likeness (QED) is 0.739. The van der Waals surface area contributed by atoms with E-state index < -0.39 is 11.7 Å². The van der Waals surface area contributed by atoms with Gasteiger partial charge in [-0.2, -0.15) is 0 Å². The lowest BCUT2D eigenvalue weighted by atomic mass is 9.59. The van der Waals surface area contributed by atoms with Crippen molar-refractivity contribution in [2.45, 2.75) is 51.2 Å². The van der Waals surface area contributed by atoms with Crippen molar-refractivity contribution in [3.63, 3.8) is 0 Å². The maximum Gasteiger partial charge on any atom is 0.155 e. The van der Waals surface area contributed by atoms with Crippen molar-refractivity contribution in [3.05, 3.63) is 11.6 Å². The van der Waals surface area contributed by atoms with Gasteiger partial charge in [0.05, 0.1) is 6.10 Å². The van der Waals surface area contributed by atoms with Gasteiger partial charge in [0.15, 0.2) is 5.78 Å². The predicted octanol–water partition coefficient (Wildman–Crippen LogP) is 1.84. The highest BCUT2D eigenvalue weighted by atomic mass is 16.5. The van der Waals surface area contributed by atoms with E-state index >= 15 is 0 Å². The van der Waals surface area contributed by atoms with Crippen LogP contribution in [0, 0.1) is 5.41 Å². The molecule has 16 heavy (non-hydrogen) atoms. The molecule has 1 N–H and O–H groups in total. The van der Waals surface area contributed by atoms with Crippen LogP contribution in [0.1, 0.15) is 39.5 Å². The Morgan fingerprint density at radius 1 is 1.44 bits per heavy atom. The molecule has 0 amide bonds. The van der Waals surface area contributed by atoms with Gasteiger partial charge in [-0.1, -0.05) is 6.92 Å². The summed E-state index contributed by atoms with van der Waals surface area (Å²) in [6.07, 6.45) is 4.37. The molecule has 0 radical (unpaired) electrons. The van der Waals surface area contributed by atoms with Crippen LogP contribution in [0.2, 0.25) is 0 Å². The van der Waals surface area contributed by atoms with E-state index in [0.29, 0.717) is 6.42 Å². The minimum absolute atomic E-state index is 0.0257. The van der Waals surface area contributed by atoms with Gasteiger partial charge in [-0.05, 0) is 43.3 Å². The Kier molecular flexibility index (Phi) is 2.71. The number of aliphatic hydroxyl groups excluding tert-OH is 1. The lowest BCUT2D eigenvalue weighted by Gasteiger charge is -2.50. The zero-order valence-electron chi connectivity index (χ0n) is 10.2. The first-order valence-electron chi connectivity index (χ1n) is 5.91. The van der Waals surface area contributed by atoms with Crippen LogP contribution in [0.4, 0.5) is 0 Å². The van der Waals surface area contributed by atoms with Crippen molar-refractivity contribution in [2.24, 2.45) is 5.41 Å². The molecule has 3 atom stereocenters. The first kappa shape index (κ1) is 11.8. The SMILES string of the molecule is COC1(C)C2=CC(=O)CCC2(C)CCC1O. The summed E-state index contributed by atoms with van der Waals surface area (Å²) in [5.74, 6) is 0.157. The Hall–Kier alpha value is -0.670. The van der Waals surface area contributed by atoms with Gasteiger partial charge in [-0.3, -0.25) is 4.79 Å². The number of carbonyl (C=O) groups is 1. The first-order chi connectivity index (χ1) is 7.42. The number of methoxy groups -OCH3 is 1. The van der Waals surface area contributed by atoms with Crippen LogP contribution in [0.5, 0.6) is 0 Å². The second-order valence-electron chi connectivity index (χ2n) is 5.45. The third-order valence-electron chi connectivity index (χ3n) is 4.44. The summed E-state index contributed by atoms with van der Waals surface area (Å²) in [5, 5.41) is 10.1. The fraction of sp³-hybridized carbons (Fsp3) is 0.769. The van der Waals surface area contributed by atoms with Gasteiger partial charge in [0.1, 0.15) is 5.60 Å². The van der Waals surface area contributed by atoms with Gasteiger partial charge in [0.25, 0.3) is 0 Å². The van der Waals surface area contributed by atoms with Crippen molar-refractivity contribution in [1.29, 1.82) is 0 Å². The van der Waals surface area contributed by atoms with Crippen LogP contribution in [-0.2, 0) is 9.53 Å². The minimum atomic E-state index is -0.691. The molecule has 0 heterocycles. The number of rotatable bonds is 1. The zero-order valence-corrected chi connectivity index (χ0v) is 10.2. The number of hydrogen-bond donors (Lipinski definition) is 1. The highest BCUT2D eigenvalue weighted by Gasteiger charge is 2.51. The second kappa shape index (κ2) is 3.67. The van der Waals surface area contributed by atoms with E-state index in [2.05, 4.69) is 6.92 Å². The van der Waals surface area contributed by atoms with Gasteiger partial charge in [0, 0.05) is 13.5 Å². The molecule has 0 saturated heterocycles. The van der Waals surface area contributed by atoms with E-state index in [4.69, 9.17) is 4.74 Å². The molecule has 0 spiro atoms. The van der Waals surface area contributed by atoms with E-state index in [1.165, 1.54) is 0 Å². The number of allylic oxidation sites excluding steroid dienone is 1. The van der Waals surface area contributed by atoms with Crippen LogP contribution in [0.3, 0.4) is 0 Å². The smallest absolute Gasteiger partial charge is 0.155 e. The Labute approximate surface area is 96.5 Å². The number of carbonyl (C=O) groups excluding carboxylic acids is 1. The number of hydrogen-bond acceptors (Lipinski definition) is 3. The second-order valence-corrected chi connectivity index (χ2v) is 5.45. The summed E-state index contributed by atoms with van der Waals surface area (Å²) in [5.41, 5.74) is 0.318. The van der Waals surface area contributed by atoms with Crippen molar-refractivity contribution in [1.82, 2.24) is 0 Å². The number of ether oxygens (including phenoxy) is 1. The number of aliphatic hydroxyl groups is 1. The molecular formula is C13H20O3. The van der Waals surface area contributed by atoms with E-state index in [1.54, 1.807) is 13.2 Å². The van der Waals surface area contributed by atoms with E-state index in [1.807, 2.05) is 6.92 Å². The normalized spacial score (nSPS) is 43.9. The molecule has 0 bridgehead atoms. The van der Waals surface area contributed by atoms with Crippen LogP contribution < -0.4 is 0 Å². The third kappa shape index (κ3) is 1.54. The molecule has 0 aromatic rings. The predicted molar refractivity (Wildman–Crippen MR) is 61.1 cm³/mol. The molecule has 3 nitrogen and oxygen atoms in total. The molecule has 2 aliphatic carbocycles. The molecule has 0 aromatic heterocycles. The summed E-state index contributed by atoms with van der Waals surface area (Å²) in [6, 6.07) is 0. The Morgan fingerprint density at radius 3 is 2.75 bits per heavy atom. The fourth-order valence-electron chi connectivity index (χ4n) is 3.10. The monoisotopic (exact) mass is 224 g/mol. The lowest BCUT2D eigenvalue weighted by Crippen LogP contribution is -2.53. The van der Waals surface area contributed by atoms with Crippen molar-refractivity contribution in [2.75, 3.05) is 7.11 Å². The van der Waals surface area contributed by atoms with E-state index in [0.717, 1.165) is 24.8 Å². The largest absolute Gasteiger partial charge is 0.390 e. The maximum atomic E-state index is 11.6. The Morgan fingerprint density at radius 2 is 2.12 bits per heavy atom. The average Bonchev–Trinajstić information content (AvgIpc) is 2.27. The molecule has 1 saturated carbocycles. The van der Waals surface area contributed by atoms with E-state index in [9.17, 15) is 9.90 Å². The first-order valence-corrected chi connectivity index (χ1v) is 5.91.